The van der Waals surface area contributed by atoms with Crippen LogP contribution in [-0.2, 0) is 6.54 Å². The van der Waals surface area contributed by atoms with Crippen molar-refractivity contribution in [1.29, 1.82) is 0 Å². The van der Waals surface area contributed by atoms with Crippen molar-refractivity contribution in [3.05, 3.63) is 49.7 Å². The van der Waals surface area contributed by atoms with E-state index in [1.807, 2.05) is 12.3 Å². The summed E-state index contributed by atoms with van der Waals surface area (Å²) in [7, 11) is 0. The molecule has 3 aromatic rings. The predicted octanol–water partition coefficient (Wildman–Crippen LogP) is 2.40. The van der Waals surface area contributed by atoms with Crippen LogP contribution >= 0.6 is 22.9 Å². The van der Waals surface area contributed by atoms with Gasteiger partial charge in [-0.25, -0.2) is 14.3 Å². The molecule has 0 N–H and O–H groups in total. The fourth-order valence-electron chi connectivity index (χ4n) is 2.00. The van der Waals surface area contributed by atoms with E-state index in [1.165, 1.54) is 15.9 Å². The number of thiazole rings is 1. The molecule has 0 bridgehead atoms. The Morgan fingerprint density at radius 3 is 2.85 bits per heavy atom. The highest BCUT2D eigenvalue weighted by atomic mass is 35.5. The molecule has 0 fully saturated rings. The second-order valence-electron chi connectivity index (χ2n) is 4.40. The molecule has 0 saturated carbocycles. The van der Waals surface area contributed by atoms with Crippen molar-refractivity contribution in [2.24, 2.45) is 0 Å². The summed E-state index contributed by atoms with van der Waals surface area (Å²) in [4.78, 5) is 16.5. The van der Waals surface area contributed by atoms with Gasteiger partial charge in [-0.1, -0.05) is 16.8 Å². The van der Waals surface area contributed by atoms with Crippen molar-refractivity contribution in [2.45, 2.75) is 20.4 Å². The van der Waals surface area contributed by atoms with Gasteiger partial charge in [0, 0.05) is 23.3 Å². The van der Waals surface area contributed by atoms with E-state index in [9.17, 15) is 4.79 Å². The van der Waals surface area contributed by atoms with Crippen LogP contribution < -0.4 is 5.69 Å². The molecule has 0 spiro atoms. The Labute approximate surface area is 123 Å². The first-order chi connectivity index (χ1) is 9.54. The summed E-state index contributed by atoms with van der Waals surface area (Å²) in [6, 6.07) is 1.72. The Balaban J connectivity index is 2.00. The van der Waals surface area contributed by atoms with E-state index in [-0.39, 0.29) is 5.69 Å². The minimum atomic E-state index is -0.181. The third-order valence-corrected chi connectivity index (χ3v) is 3.86. The molecule has 20 heavy (non-hydrogen) atoms. The van der Waals surface area contributed by atoms with E-state index >= 15 is 0 Å². The van der Waals surface area contributed by atoms with Gasteiger partial charge in [0.05, 0.1) is 12.2 Å². The third kappa shape index (κ3) is 2.30. The van der Waals surface area contributed by atoms with Gasteiger partial charge in [0.2, 0.25) is 0 Å². The molecule has 0 atom stereocenters. The molecule has 0 amide bonds. The molecule has 6 nitrogen and oxygen atoms in total. The minimum absolute atomic E-state index is 0.181. The monoisotopic (exact) mass is 310 g/mol. The fourth-order valence-corrected chi connectivity index (χ4v) is 2.77. The van der Waals surface area contributed by atoms with Crippen LogP contribution in [0.15, 0.2) is 27.0 Å². The van der Waals surface area contributed by atoms with Gasteiger partial charge < -0.3 is 4.52 Å². The molecular weight excluding hydrogens is 300 g/mol. The summed E-state index contributed by atoms with van der Waals surface area (Å²) in [5.74, 6) is 1.14. The number of imidazole rings is 1. The first-order valence-electron chi connectivity index (χ1n) is 5.87. The Bertz CT molecular complexity index is 814. The Kier molecular flexibility index (Phi) is 3.23. The zero-order chi connectivity index (χ0) is 14.3. The molecule has 0 radical (unpaired) electrons. The number of nitrogens with zero attached hydrogens (tertiary/aromatic N) is 4. The largest absolute Gasteiger partial charge is 0.360 e. The number of aryl methyl sites for hydroxylation is 2. The first kappa shape index (κ1) is 13.1. The third-order valence-electron chi connectivity index (χ3n) is 2.83. The SMILES string of the molecule is Cc1cc(-n2c(C)cn(Cc3csc(Cl)n3)c2=O)no1. The minimum Gasteiger partial charge on any atom is -0.360 e. The highest BCUT2D eigenvalue weighted by Gasteiger charge is 2.14. The smallest absolute Gasteiger partial charge is 0.334 e. The lowest BCUT2D eigenvalue weighted by atomic mass is 10.4. The van der Waals surface area contributed by atoms with Gasteiger partial charge in [-0.15, -0.1) is 11.3 Å². The standard InChI is InChI=1S/C12H11ClN4O2S/c1-7-4-16(5-9-6-20-11(13)14-9)12(18)17(7)10-3-8(2)19-15-10/h3-4,6H,5H2,1-2H3. The summed E-state index contributed by atoms with van der Waals surface area (Å²) in [5.41, 5.74) is 1.36. The Hall–Kier alpha value is -1.86. The van der Waals surface area contributed by atoms with Crippen LogP contribution in [0, 0.1) is 13.8 Å². The molecule has 0 aliphatic rings. The van der Waals surface area contributed by atoms with Crippen LogP contribution in [0.3, 0.4) is 0 Å². The van der Waals surface area contributed by atoms with Crippen molar-refractivity contribution in [1.82, 2.24) is 19.3 Å². The molecule has 0 saturated heterocycles. The van der Waals surface area contributed by atoms with Gasteiger partial charge in [0.15, 0.2) is 10.3 Å². The van der Waals surface area contributed by atoms with Crippen LogP contribution in [0.25, 0.3) is 5.82 Å². The number of hydrogen-bond donors (Lipinski definition) is 0. The molecule has 104 valence electrons. The van der Waals surface area contributed by atoms with Crippen molar-refractivity contribution in [3.8, 4) is 5.82 Å². The lowest BCUT2D eigenvalue weighted by Gasteiger charge is -1.97. The summed E-state index contributed by atoms with van der Waals surface area (Å²) >= 11 is 7.14. The predicted molar refractivity (Wildman–Crippen MR) is 75.8 cm³/mol. The summed E-state index contributed by atoms with van der Waals surface area (Å²) < 4.78 is 8.56. The van der Waals surface area contributed by atoms with Crippen molar-refractivity contribution in [2.75, 3.05) is 0 Å². The molecule has 0 aliphatic carbocycles. The van der Waals surface area contributed by atoms with E-state index in [1.54, 1.807) is 23.8 Å². The maximum absolute atomic E-state index is 12.4. The normalized spacial score (nSPS) is 11.2. The summed E-state index contributed by atoms with van der Waals surface area (Å²) in [5, 5.41) is 5.71. The van der Waals surface area contributed by atoms with Crippen LogP contribution in [-0.4, -0.2) is 19.3 Å². The Morgan fingerprint density at radius 2 is 2.25 bits per heavy atom. The van der Waals surface area contributed by atoms with Gasteiger partial charge in [0.1, 0.15) is 5.76 Å². The molecule has 0 aromatic carbocycles. The maximum Gasteiger partial charge on any atom is 0.334 e. The molecule has 8 heteroatoms. The molecular formula is C12H11ClN4O2S. The molecule has 3 heterocycles. The van der Waals surface area contributed by atoms with Crippen LogP contribution in [0.2, 0.25) is 4.47 Å². The number of halogens is 1. The molecule has 3 rings (SSSR count). The number of aromatic nitrogens is 4. The zero-order valence-corrected chi connectivity index (χ0v) is 12.4. The quantitative estimate of drug-likeness (QED) is 0.745. The van der Waals surface area contributed by atoms with Crippen LogP contribution in [0.5, 0.6) is 0 Å². The average molecular weight is 311 g/mol. The second-order valence-corrected chi connectivity index (χ2v) is 5.84. The zero-order valence-electron chi connectivity index (χ0n) is 10.8. The molecule has 3 aromatic heterocycles. The number of rotatable bonds is 3. The van der Waals surface area contributed by atoms with Gasteiger partial charge in [0.25, 0.3) is 0 Å². The molecule has 0 aliphatic heterocycles. The molecule has 0 unspecified atom stereocenters. The highest BCUT2D eigenvalue weighted by molar-refractivity contribution is 7.13. The summed E-state index contributed by atoms with van der Waals surface area (Å²) in [6.45, 7) is 4.01. The van der Waals surface area contributed by atoms with Gasteiger partial charge in [-0.3, -0.25) is 4.57 Å². The lowest BCUT2D eigenvalue weighted by Crippen LogP contribution is -2.24. The fraction of sp³-hybridized carbons (Fsp3) is 0.250. The van der Waals surface area contributed by atoms with E-state index in [4.69, 9.17) is 16.1 Å². The maximum atomic E-state index is 12.4. The average Bonchev–Trinajstić information content (AvgIpc) is 3.04. The van der Waals surface area contributed by atoms with Gasteiger partial charge in [-0.05, 0) is 13.8 Å². The van der Waals surface area contributed by atoms with Gasteiger partial charge in [-0.2, -0.15) is 0 Å². The van der Waals surface area contributed by atoms with Crippen LogP contribution in [0.4, 0.5) is 0 Å². The first-order valence-corrected chi connectivity index (χ1v) is 7.13. The summed E-state index contributed by atoms with van der Waals surface area (Å²) in [6.07, 6.45) is 1.76. The van der Waals surface area contributed by atoms with E-state index < -0.39 is 0 Å². The van der Waals surface area contributed by atoms with Crippen molar-refractivity contribution >= 4 is 22.9 Å². The Morgan fingerprint density at radius 1 is 1.45 bits per heavy atom. The topological polar surface area (TPSA) is 65.8 Å². The highest BCUT2D eigenvalue weighted by Crippen LogP contribution is 2.16. The van der Waals surface area contributed by atoms with Crippen molar-refractivity contribution < 1.29 is 4.52 Å². The van der Waals surface area contributed by atoms with E-state index in [2.05, 4.69) is 10.1 Å². The number of hydrogen-bond acceptors (Lipinski definition) is 5. The van der Waals surface area contributed by atoms with Crippen molar-refractivity contribution in [3.63, 3.8) is 0 Å². The second kappa shape index (κ2) is 4.92. The lowest BCUT2D eigenvalue weighted by molar-refractivity contribution is 0.394. The van der Waals surface area contributed by atoms with Gasteiger partial charge >= 0.3 is 5.69 Å². The van der Waals surface area contributed by atoms with Crippen LogP contribution in [0.1, 0.15) is 17.1 Å². The van der Waals surface area contributed by atoms with E-state index in [0.29, 0.717) is 22.6 Å². The van der Waals surface area contributed by atoms with E-state index in [0.717, 1.165) is 11.4 Å².